The van der Waals surface area contributed by atoms with E-state index >= 15 is 0 Å². The van der Waals surface area contributed by atoms with Crippen LogP contribution in [0.4, 0.5) is 13.2 Å². The first-order chi connectivity index (χ1) is 7.42. The van der Waals surface area contributed by atoms with Gasteiger partial charge in [0.15, 0.2) is 11.6 Å². The average Bonchev–Trinajstić information content (AvgIpc) is 2.62. The van der Waals surface area contributed by atoms with E-state index in [4.69, 9.17) is 4.42 Å². The van der Waals surface area contributed by atoms with Crippen LogP contribution in [-0.4, -0.2) is 23.6 Å². The predicted octanol–water partition coefficient (Wildman–Crippen LogP) is 2.17. The molecule has 0 saturated heterocycles. The highest BCUT2D eigenvalue weighted by atomic mass is 19.4. The fourth-order valence-corrected chi connectivity index (χ4v) is 1.01. The number of alkyl halides is 3. The fraction of sp³-hybridized carbons (Fsp3) is 0.556. The Morgan fingerprint density at radius 2 is 2.31 bits per heavy atom. The molecule has 7 heteroatoms. The van der Waals surface area contributed by atoms with Crippen LogP contribution in [0.5, 0.6) is 0 Å². The lowest BCUT2D eigenvalue weighted by atomic mass is 10.3. The minimum atomic E-state index is -4.42. The van der Waals surface area contributed by atoms with Gasteiger partial charge in [-0.3, -0.25) is 4.79 Å². The Kier molecular flexibility index (Phi) is 3.92. The molecule has 0 atom stereocenters. The van der Waals surface area contributed by atoms with Crippen LogP contribution < -0.4 is 5.32 Å². The van der Waals surface area contributed by atoms with Crippen molar-refractivity contribution in [2.45, 2.75) is 25.9 Å². The molecule has 0 spiro atoms. The van der Waals surface area contributed by atoms with Gasteiger partial charge in [-0.25, -0.2) is 4.98 Å². The van der Waals surface area contributed by atoms with E-state index in [-0.39, 0.29) is 7.12 Å². The van der Waals surface area contributed by atoms with E-state index in [1.807, 2.05) is 6.92 Å². The largest absolute Gasteiger partial charge is 0.448 e. The van der Waals surface area contributed by atoms with Crippen LogP contribution in [0.15, 0.2) is 10.7 Å². The summed E-state index contributed by atoms with van der Waals surface area (Å²) in [7, 11) is 0. The van der Waals surface area contributed by atoms with Crippen molar-refractivity contribution >= 4 is 5.91 Å². The van der Waals surface area contributed by atoms with Crippen LogP contribution in [0.3, 0.4) is 0 Å². The van der Waals surface area contributed by atoms with Crippen molar-refractivity contribution < 1.29 is 23.8 Å². The molecule has 0 bridgehead atoms. The first-order valence-electron chi connectivity index (χ1n) is 4.71. The summed E-state index contributed by atoms with van der Waals surface area (Å²) < 4.78 is 40.3. The molecule has 1 aromatic rings. The lowest BCUT2D eigenvalue weighted by molar-refractivity contribution is -0.123. The molecule has 16 heavy (non-hydrogen) atoms. The molecular formula is C9H13F3N2O2. The van der Waals surface area contributed by atoms with Crippen LogP contribution in [0, 0.1) is 0 Å². The van der Waals surface area contributed by atoms with E-state index in [2.05, 4.69) is 4.98 Å². The van der Waals surface area contributed by atoms with E-state index in [1.165, 1.54) is 0 Å². The number of rotatable bonds is 4. The van der Waals surface area contributed by atoms with Gasteiger partial charge in [0.05, 0.1) is 0 Å². The van der Waals surface area contributed by atoms with Crippen molar-refractivity contribution in [1.82, 2.24) is 10.3 Å². The number of amides is 1. The zero-order valence-electron chi connectivity index (χ0n) is 8.60. The van der Waals surface area contributed by atoms with Gasteiger partial charge in [-0.05, 0) is 6.42 Å². The first kappa shape index (κ1) is 12.5. The Labute approximate surface area is 91.3 Å². The number of hydrogen-bond donors (Lipinski definition) is 1. The lowest BCUT2D eigenvalue weighted by Gasteiger charge is -2.05. The standard InChI is InChI=1S/C9H11F3N2O2.H2/c1-2-3-7-14-6(4-16-7)8(15)13-5-9(10,11)12;/h4H,2-3,5H2,1H3,(H,13,15);1H. The second-order valence-corrected chi connectivity index (χ2v) is 3.17. The highest BCUT2D eigenvalue weighted by molar-refractivity contribution is 5.91. The predicted molar refractivity (Wildman–Crippen MR) is 51.0 cm³/mol. The Morgan fingerprint density at radius 3 is 2.88 bits per heavy atom. The molecule has 1 aromatic heterocycles. The molecule has 92 valence electrons. The van der Waals surface area contributed by atoms with Crippen LogP contribution in [-0.2, 0) is 6.42 Å². The number of hydrogen-bond acceptors (Lipinski definition) is 3. The van der Waals surface area contributed by atoms with Crippen molar-refractivity contribution in [2.24, 2.45) is 0 Å². The van der Waals surface area contributed by atoms with Gasteiger partial charge in [0.2, 0.25) is 0 Å². The number of carbonyl (C=O) groups is 1. The first-order valence-corrected chi connectivity index (χ1v) is 4.71. The smallest absolute Gasteiger partial charge is 0.405 e. The van der Waals surface area contributed by atoms with Crippen LogP contribution in [0.25, 0.3) is 0 Å². The van der Waals surface area contributed by atoms with Gasteiger partial charge in [0.25, 0.3) is 5.91 Å². The molecule has 0 unspecified atom stereocenters. The normalized spacial score (nSPS) is 11.5. The number of carbonyl (C=O) groups excluding carboxylic acids is 1. The van der Waals surface area contributed by atoms with E-state index in [0.717, 1.165) is 12.7 Å². The monoisotopic (exact) mass is 238 g/mol. The summed E-state index contributed by atoms with van der Waals surface area (Å²) in [5.74, 6) is -0.539. The molecule has 1 heterocycles. The Balaban J connectivity index is 0.00000256. The highest BCUT2D eigenvalue weighted by Gasteiger charge is 2.28. The number of aryl methyl sites for hydroxylation is 1. The van der Waals surface area contributed by atoms with Crippen molar-refractivity contribution in [3.8, 4) is 0 Å². The Hall–Kier alpha value is -1.53. The molecule has 1 N–H and O–H groups in total. The molecule has 0 aliphatic rings. The SMILES string of the molecule is CCCc1nc(C(=O)NCC(F)(F)F)co1.[HH]. The van der Waals surface area contributed by atoms with Gasteiger partial charge in [0, 0.05) is 7.85 Å². The maximum Gasteiger partial charge on any atom is 0.405 e. The summed E-state index contributed by atoms with van der Waals surface area (Å²) in [6.45, 7) is 0.523. The van der Waals surface area contributed by atoms with Crippen molar-refractivity contribution in [2.75, 3.05) is 6.54 Å². The lowest BCUT2D eigenvalue weighted by Crippen LogP contribution is -2.33. The molecular weight excluding hydrogens is 225 g/mol. The number of nitrogens with zero attached hydrogens (tertiary/aromatic N) is 1. The van der Waals surface area contributed by atoms with Crippen LogP contribution >= 0.6 is 0 Å². The molecule has 1 rings (SSSR count). The second kappa shape index (κ2) is 5.00. The van der Waals surface area contributed by atoms with E-state index in [9.17, 15) is 18.0 Å². The molecule has 0 radical (unpaired) electrons. The minimum Gasteiger partial charge on any atom is -0.448 e. The molecule has 0 saturated carbocycles. The van der Waals surface area contributed by atoms with Gasteiger partial charge >= 0.3 is 6.18 Å². The zero-order chi connectivity index (χ0) is 12.2. The number of halogens is 3. The van der Waals surface area contributed by atoms with Crippen molar-refractivity contribution in [3.05, 3.63) is 17.8 Å². The van der Waals surface area contributed by atoms with Crippen molar-refractivity contribution in [3.63, 3.8) is 0 Å². The quantitative estimate of drug-likeness (QED) is 0.874. The second-order valence-electron chi connectivity index (χ2n) is 3.17. The van der Waals surface area contributed by atoms with Gasteiger partial charge in [-0.2, -0.15) is 13.2 Å². The summed E-state index contributed by atoms with van der Waals surface area (Å²) in [5, 5.41) is 1.71. The Morgan fingerprint density at radius 1 is 1.62 bits per heavy atom. The maximum atomic E-state index is 11.8. The number of nitrogens with one attached hydrogen (secondary N) is 1. The molecule has 0 aromatic carbocycles. The van der Waals surface area contributed by atoms with Crippen molar-refractivity contribution in [1.29, 1.82) is 0 Å². The maximum absolute atomic E-state index is 11.8. The molecule has 0 aliphatic carbocycles. The van der Waals surface area contributed by atoms with E-state index in [1.54, 1.807) is 5.32 Å². The summed E-state index contributed by atoms with van der Waals surface area (Å²) in [6.07, 6.45) is -2.04. The van der Waals surface area contributed by atoms with Crippen LogP contribution in [0.1, 0.15) is 31.2 Å². The van der Waals surface area contributed by atoms with Crippen LogP contribution in [0.2, 0.25) is 0 Å². The highest BCUT2D eigenvalue weighted by Crippen LogP contribution is 2.12. The van der Waals surface area contributed by atoms with Gasteiger partial charge in [-0.15, -0.1) is 0 Å². The molecule has 4 nitrogen and oxygen atoms in total. The topological polar surface area (TPSA) is 55.1 Å². The molecule has 0 fully saturated rings. The van der Waals surface area contributed by atoms with E-state index < -0.39 is 18.6 Å². The third kappa shape index (κ3) is 3.92. The molecule has 0 aliphatic heterocycles. The molecule has 1 amide bonds. The van der Waals surface area contributed by atoms with Gasteiger partial charge in [0.1, 0.15) is 12.8 Å². The number of aromatic nitrogens is 1. The van der Waals surface area contributed by atoms with Gasteiger partial charge in [-0.1, -0.05) is 6.92 Å². The zero-order valence-corrected chi connectivity index (χ0v) is 8.60. The van der Waals surface area contributed by atoms with Gasteiger partial charge < -0.3 is 9.73 Å². The summed E-state index contributed by atoms with van der Waals surface area (Å²) in [6, 6.07) is 0. The summed E-state index contributed by atoms with van der Waals surface area (Å²) >= 11 is 0. The summed E-state index contributed by atoms with van der Waals surface area (Å²) in [5.41, 5.74) is -0.132. The van der Waals surface area contributed by atoms with E-state index in [0.29, 0.717) is 12.3 Å². The Bertz CT molecular complexity index is 365. The third-order valence-corrected chi connectivity index (χ3v) is 1.70. The fourth-order valence-electron chi connectivity index (χ4n) is 1.01. The average molecular weight is 238 g/mol. The minimum absolute atomic E-state index is 0. The third-order valence-electron chi connectivity index (χ3n) is 1.70. The number of oxazole rings is 1. The summed E-state index contributed by atoms with van der Waals surface area (Å²) in [4.78, 5) is 14.9.